The van der Waals surface area contributed by atoms with Gasteiger partial charge in [-0.05, 0) is 49.6 Å². The summed E-state index contributed by atoms with van der Waals surface area (Å²) in [5.41, 5.74) is 7.71. The molecule has 0 bridgehead atoms. The molecule has 0 spiro atoms. The van der Waals surface area contributed by atoms with Gasteiger partial charge in [0.15, 0.2) is 0 Å². The summed E-state index contributed by atoms with van der Waals surface area (Å²) >= 11 is 1.55. The molecule has 0 radical (unpaired) electrons. The Morgan fingerprint density at radius 1 is 1.12 bits per heavy atom. The maximum absolute atomic E-state index is 12.9. The van der Waals surface area contributed by atoms with Crippen LogP contribution in [0.4, 0.5) is 5.69 Å². The molecule has 3 rings (SSSR count). The summed E-state index contributed by atoms with van der Waals surface area (Å²) < 4.78 is 0. The van der Waals surface area contributed by atoms with Crippen LogP contribution in [0.2, 0.25) is 0 Å². The van der Waals surface area contributed by atoms with Gasteiger partial charge in [0.2, 0.25) is 11.8 Å². The van der Waals surface area contributed by atoms with E-state index >= 15 is 0 Å². The third-order valence-electron chi connectivity index (χ3n) is 4.19. The summed E-state index contributed by atoms with van der Waals surface area (Å²) in [5, 5.41) is -0.199. The maximum Gasteiger partial charge on any atom is 0.249 e. The van der Waals surface area contributed by atoms with Gasteiger partial charge < -0.3 is 10.6 Å². The lowest BCUT2D eigenvalue weighted by molar-refractivity contribution is -0.117. The van der Waals surface area contributed by atoms with Gasteiger partial charge in [-0.25, -0.2) is 0 Å². The zero-order valence-electron chi connectivity index (χ0n) is 13.6. The quantitative estimate of drug-likeness (QED) is 0.869. The topological polar surface area (TPSA) is 63.4 Å². The maximum atomic E-state index is 12.9. The van der Waals surface area contributed by atoms with Crippen LogP contribution in [-0.4, -0.2) is 23.6 Å². The van der Waals surface area contributed by atoms with Crippen molar-refractivity contribution in [3.8, 4) is 0 Å². The predicted octanol–water partition coefficient (Wildman–Crippen LogP) is 3.25. The van der Waals surface area contributed by atoms with Gasteiger partial charge in [-0.2, -0.15) is 0 Å². The highest BCUT2D eigenvalue weighted by molar-refractivity contribution is 8.00. The highest BCUT2D eigenvalue weighted by Crippen LogP contribution is 2.32. The number of benzene rings is 2. The number of nitrogens with two attached hydrogens (primary N) is 1. The van der Waals surface area contributed by atoms with Crippen molar-refractivity contribution in [1.82, 2.24) is 0 Å². The number of fused-ring (bicyclic) bond motifs is 1. The van der Waals surface area contributed by atoms with Crippen LogP contribution in [0.3, 0.4) is 0 Å². The van der Waals surface area contributed by atoms with Crippen LogP contribution in [0.25, 0.3) is 0 Å². The van der Waals surface area contributed by atoms with Gasteiger partial charge in [-0.15, -0.1) is 11.8 Å². The monoisotopic (exact) mass is 340 g/mol. The molecule has 1 aliphatic rings. The third-order valence-corrected chi connectivity index (χ3v) is 5.29. The molecule has 0 saturated heterocycles. The van der Waals surface area contributed by atoms with Gasteiger partial charge in [-0.1, -0.05) is 24.3 Å². The lowest BCUT2D eigenvalue weighted by atomic mass is 9.95. The molecule has 1 unspecified atom stereocenters. The van der Waals surface area contributed by atoms with Crippen molar-refractivity contribution >= 4 is 29.3 Å². The van der Waals surface area contributed by atoms with Crippen molar-refractivity contribution in [2.75, 3.05) is 11.4 Å². The van der Waals surface area contributed by atoms with Crippen LogP contribution >= 0.6 is 11.8 Å². The fraction of sp³-hybridized carbons (Fsp3) is 0.263. The van der Waals surface area contributed by atoms with E-state index in [1.165, 1.54) is 0 Å². The second-order valence-electron chi connectivity index (χ2n) is 5.83. The zero-order valence-corrected chi connectivity index (χ0v) is 14.4. The van der Waals surface area contributed by atoms with Gasteiger partial charge in [0.1, 0.15) is 0 Å². The van der Waals surface area contributed by atoms with E-state index in [9.17, 15) is 9.59 Å². The summed E-state index contributed by atoms with van der Waals surface area (Å²) in [6.07, 6.45) is 1.62. The Morgan fingerprint density at radius 3 is 2.58 bits per heavy atom. The largest absolute Gasteiger partial charge is 0.366 e. The second-order valence-corrected chi connectivity index (χ2v) is 7.25. The number of carbonyl (C=O) groups is 2. The number of hydrogen-bond donors (Lipinski definition) is 1. The first-order chi connectivity index (χ1) is 11.6. The average Bonchev–Trinajstić information content (AvgIpc) is 2.60. The molecule has 4 nitrogen and oxygen atoms in total. The number of anilines is 1. The molecule has 0 saturated carbocycles. The van der Waals surface area contributed by atoms with Crippen molar-refractivity contribution < 1.29 is 9.59 Å². The first kappa shape index (κ1) is 16.6. The van der Waals surface area contributed by atoms with E-state index in [1.54, 1.807) is 28.8 Å². The molecule has 2 amide bonds. The molecular weight excluding hydrogens is 320 g/mol. The molecule has 24 heavy (non-hydrogen) atoms. The van der Waals surface area contributed by atoms with Gasteiger partial charge in [0, 0.05) is 22.7 Å². The Hall–Kier alpha value is -2.27. The third kappa shape index (κ3) is 3.31. The molecule has 0 aliphatic carbocycles. The van der Waals surface area contributed by atoms with Crippen LogP contribution < -0.4 is 10.6 Å². The molecule has 2 N–H and O–H groups in total. The minimum Gasteiger partial charge on any atom is -0.366 e. The average molecular weight is 340 g/mol. The molecule has 1 heterocycles. The number of carbonyl (C=O) groups excluding carboxylic acids is 2. The summed E-state index contributed by atoms with van der Waals surface area (Å²) in [4.78, 5) is 27.4. The van der Waals surface area contributed by atoms with Crippen LogP contribution in [0, 0.1) is 0 Å². The molecule has 124 valence electrons. The Morgan fingerprint density at radius 2 is 1.88 bits per heavy atom. The molecule has 1 aliphatic heterocycles. The number of nitrogens with zero attached hydrogens (tertiary/aromatic N) is 1. The Labute approximate surface area is 146 Å². The molecule has 2 aromatic rings. The summed E-state index contributed by atoms with van der Waals surface area (Å²) in [6.45, 7) is 2.60. The number of hydrogen-bond acceptors (Lipinski definition) is 3. The fourth-order valence-electron chi connectivity index (χ4n) is 3.06. The van der Waals surface area contributed by atoms with Crippen LogP contribution in [-0.2, 0) is 11.2 Å². The van der Waals surface area contributed by atoms with E-state index in [4.69, 9.17) is 5.73 Å². The first-order valence-electron chi connectivity index (χ1n) is 8.02. The summed E-state index contributed by atoms with van der Waals surface area (Å²) in [6, 6.07) is 15.3. The normalized spacial score (nSPS) is 14.8. The van der Waals surface area contributed by atoms with Crippen LogP contribution in [0.5, 0.6) is 0 Å². The smallest absolute Gasteiger partial charge is 0.249 e. The SMILES string of the molecule is CC(Sc1ccccc1)C(=O)N1CCCc2c(C(N)=O)cccc21. The highest BCUT2D eigenvalue weighted by atomic mass is 32.2. The van der Waals surface area contributed by atoms with Gasteiger partial charge >= 0.3 is 0 Å². The Balaban J connectivity index is 1.85. The van der Waals surface area contributed by atoms with E-state index in [-0.39, 0.29) is 11.2 Å². The molecule has 0 fully saturated rings. The predicted molar refractivity (Wildman–Crippen MR) is 97.4 cm³/mol. The van der Waals surface area contributed by atoms with Gasteiger partial charge in [0.05, 0.1) is 5.25 Å². The molecule has 2 aromatic carbocycles. The van der Waals surface area contributed by atoms with E-state index in [0.29, 0.717) is 12.1 Å². The highest BCUT2D eigenvalue weighted by Gasteiger charge is 2.28. The van der Waals surface area contributed by atoms with E-state index in [0.717, 1.165) is 29.0 Å². The summed E-state index contributed by atoms with van der Waals surface area (Å²) in [5.74, 6) is -0.376. The minimum absolute atomic E-state index is 0.0615. The van der Waals surface area contributed by atoms with Crippen molar-refractivity contribution in [3.63, 3.8) is 0 Å². The van der Waals surface area contributed by atoms with Crippen molar-refractivity contribution in [2.24, 2.45) is 5.73 Å². The van der Waals surface area contributed by atoms with Crippen molar-refractivity contribution in [3.05, 3.63) is 59.7 Å². The van der Waals surface area contributed by atoms with Crippen molar-refractivity contribution in [1.29, 1.82) is 0 Å². The number of amides is 2. The summed E-state index contributed by atoms with van der Waals surface area (Å²) in [7, 11) is 0. The first-order valence-corrected chi connectivity index (χ1v) is 8.90. The molecule has 0 aromatic heterocycles. The lowest BCUT2D eigenvalue weighted by Gasteiger charge is -2.32. The zero-order chi connectivity index (χ0) is 17.1. The minimum atomic E-state index is -0.437. The molecule has 1 atom stereocenters. The number of thioether (sulfide) groups is 1. The van der Waals surface area contributed by atoms with E-state index in [1.807, 2.05) is 43.3 Å². The van der Waals surface area contributed by atoms with E-state index < -0.39 is 5.91 Å². The number of primary amides is 1. The Kier molecular flexibility index (Phi) is 4.90. The fourth-order valence-corrected chi connectivity index (χ4v) is 4.01. The van der Waals surface area contributed by atoms with E-state index in [2.05, 4.69) is 0 Å². The van der Waals surface area contributed by atoms with Gasteiger partial charge in [-0.3, -0.25) is 9.59 Å². The molecular formula is C19H20N2O2S. The van der Waals surface area contributed by atoms with Crippen LogP contribution in [0.1, 0.15) is 29.3 Å². The lowest BCUT2D eigenvalue weighted by Crippen LogP contribution is -2.40. The van der Waals surface area contributed by atoms with Crippen molar-refractivity contribution in [2.45, 2.75) is 29.9 Å². The van der Waals surface area contributed by atoms with Crippen LogP contribution in [0.15, 0.2) is 53.4 Å². The van der Waals surface area contributed by atoms with Gasteiger partial charge in [0.25, 0.3) is 0 Å². The number of rotatable bonds is 4. The standard InChI is InChI=1S/C19H20N2O2S/c1-13(24-14-7-3-2-4-8-14)19(23)21-12-6-10-15-16(18(20)22)9-5-11-17(15)21/h2-5,7-9,11,13H,6,10,12H2,1H3,(H2,20,22). The Bertz CT molecular complexity index is 761. The molecule has 5 heteroatoms. The second kappa shape index (κ2) is 7.09.